The summed E-state index contributed by atoms with van der Waals surface area (Å²) in [5, 5.41) is 13.6. The molecule has 0 aliphatic carbocycles. The molecule has 0 aliphatic rings. The molecular formula is C4H4BrN5O3. The summed E-state index contributed by atoms with van der Waals surface area (Å²) in [5.41, 5.74) is 4.86. The van der Waals surface area contributed by atoms with E-state index in [2.05, 4.69) is 26.0 Å². The monoisotopic (exact) mass is 249 g/mol. The van der Waals surface area contributed by atoms with Gasteiger partial charge in [-0.3, -0.25) is 4.79 Å². The molecular weight excluding hydrogens is 246 g/mol. The largest absolute Gasteiger partial charge is 0.492 e. The van der Waals surface area contributed by atoms with Crippen LogP contribution in [-0.2, 0) is 11.3 Å². The minimum absolute atomic E-state index is 0.0954. The number of carbonyl (C=O) groups excluding carboxylic acids is 1. The van der Waals surface area contributed by atoms with Crippen LogP contribution in [-0.4, -0.2) is 25.6 Å². The van der Waals surface area contributed by atoms with Gasteiger partial charge in [-0.1, -0.05) is 0 Å². The summed E-state index contributed by atoms with van der Waals surface area (Å²) in [4.78, 5) is 23.3. The summed E-state index contributed by atoms with van der Waals surface area (Å²) in [7, 11) is 0. The lowest BCUT2D eigenvalue weighted by Gasteiger charge is -1.89. The first kappa shape index (κ1) is 9.58. The minimum atomic E-state index is -0.762. The molecule has 0 aliphatic heterocycles. The lowest BCUT2D eigenvalue weighted by atomic mass is 10.6. The van der Waals surface area contributed by atoms with Gasteiger partial charge in [0.15, 0.2) is 0 Å². The Morgan fingerprint density at radius 3 is 2.77 bits per heavy atom. The fourth-order valence-electron chi connectivity index (χ4n) is 0.637. The van der Waals surface area contributed by atoms with Crippen molar-refractivity contribution in [2.24, 2.45) is 5.73 Å². The van der Waals surface area contributed by atoms with Gasteiger partial charge in [-0.05, 0) is 9.91 Å². The van der Waals surface area contributed by atoms with Crippen molar-refractivity contribution in [2.45, 2.75) is 6.54 Å². The Balaban J connectivity index is 2.96. The van der Waals surface area contributed by atoms with Crippen molar-refractivity contribution in [3.05, 3.63) is 14.8 Å². The van der Waals surface area contributed by atoms with Crippen molar-refractivity contribution in [1.82, 2.24) is 14.8 Å². The molecule has 70 valence electrons. The van der Waals surface area contributed by atoms with Gasteiger partial charge >= 0.3 is 5.95 Å². The molecule has 13 heavy (non-hydrogen) atoms. The molecule has 1 amide bonds. The van der Waals surface area contributed by atoms with Gasteiger partial charge in [0, 0.05) is 21.0 Å². The highest BCUT2D eigenvalue weighted by atomic mass is 79.9. The maximum atomic E-state index is 10.4. The number of nitro groups is 1. The molecule has 9 heteroatoms. The van der Waals surface area contributed by atoms with E-state index in [0.717, 1.165) is 4.68 Å². The Kier molecular flexibility index (Phi) is 2.56. The van der Waals surface area contributed by atoms with Crippen LogP contribution < -0.4 is 5.73 Å². The second-order valence-electron chi connectivity index (χ2n) is 2.06. The topological polar surface area (TPSA) is 117 Å². The number of rotatable bonds is 3. The van der Waals surface area contributed by atoms with Crippen LogP contribution in [0.1, 0.15) is 0 Å². The second kappa shape index (κ2) is 3.47. The Hall–Kier alpha value is -1.51. The van der Waals surface area contributed by atoms with Crippen molar-refractivity contribution in [3.8, 4) is 0 Å². The predicted molar refractivity (Wildman–Crippen MR) is 43.6 cm³/mol. The molecule has 0 saturated heterocycles. The van der Waals surface area contributed by atoms with E-state index in [1.54, 1.807) is 0 Å². The van der Waals surface area contributed by atoms with E-state index in [0.29, 0.717) is 0 Å². The maximum absolute atomic E-state index is 10.4. The van der Waals surface area contributed by atoms with E-state index in [4.69, 9.17) is 5.73 Å². The number of nitrogens with two attached hydrogens (primary N) is 1. The van der Waals surface area contributed by atoms with Crippen LogP contribution in [0.25, 0.3) is 0 Å². The maximum Gasteiger partial charge on any atom is 0.492 e. The first-order chi connectivity index (χ1) is 6.00. The van der Waals surface area contributed by atoms with Crippen molar-refractivity contribution in [2.75, 3.05) is 0 Å². The van der Waals surface area contributed by atoms with Crippen molar-refractivity contribution in [1.29, 1.82) is 0 Å². The Morgan fingerprint density at radius 1 is 1.77 bits per heavy atom. The Morgan fingerprint density at radius 2 is 2.38 bits per heavy atom. The third-order valence-corrected chi connectivity index (χ3v) is 1.67. The fraction of sp³-hybridized carbons (Fsp3) is 0.250. The molecule has 0 fully saturated rings. The molecule has 0 bridgehead atoms. The van der Waals surface area contributed by atoms with Gasteiger partial charge in [0.1, 0.15) is 6.54 Å². The highest BCUT2D eigenvalue weighted by Gasteiger charge is 2.19. The molecule has 0 spiro atoms. The molecule has 2 N–H and O–H groups in total. The van der Waals surface area contributed by atoms with Gasteiger partial charge in [-0.2, -0.15) is 4.68 Å². The number of nitrogens with zero attached hydrogens (tertiary/aromatic N) is 4. The van der Waals surface area contributed by atoms with E-state index in [1.807, 2.05) is 0 Å². The molecule has 1 aromatic rings. The average Bonchev–Trinajstić information content (AvgIpc) is 2.31. The zero-order valence-electron chi connectivity index (χ0n) is 6.18. The molecule has 1 rings (SSSR count). The van der Waals surface area contributed by atoms with Gasteiger partial charge < -0.3 is 15.8 Å². The summed E-state index contributed by atoms with van der Waals surface area (Å²) < 4.78 is 1.10. The number of aromatic nitrogens is 3. The first-order valence-electron chi connectivity index (χ1n) is 3.03. The molecule has 1 heterocycles. The van der Waals surface area contributed by atoms with E-state index in [1.165, 1.54) is 0 Å². The standard InChI is InChI=1S/C4H4BrN5O3/c5-3-7-4(10(12)13)8-9(3)1-2(6)11/h1H2,(H2,6,11). The lowest BCUT2D eigenvalue weighted by Crippen LogP contribution is -2.19. The second-order valence-corrected chi connectivity index (χ2v) is 2.77. The van der Waals surface area contributed by atoms with Gasteiger partial charge in [0.2, 0.25) is 5.91 Å². The molecule has 0 saturated carbocycles. The van der Waals surface area contributed by atoms with Crippen LogP contribution >= 0.6 is 15.9 Å². The minimum Gasteiger partial charge on any atom is -0.390 e. The highest BCUT2D eigenvalue weighted by molar-refractivity contribution is 9.10. The third kappa shape index (κ3) is 2.21. The van der Waals surface area contributed by atoms with Crippen LogP contribution in [0.2, 0.25) is 0 Å². The molecule has 1 aromatic heterocycles. The van der Waals surface area contributed by atoms with E-state index < -0.39 is 16.8 Å². The summed E-state index contributed by atoms with van der Waals surface area (Å²) >= 11 is 2.89. The van der Waals surface area contributed by atoms with Crippen LogP contribution in [0.5, 0.6) is 0 Å². The third-order valence-electron chi connectivity index (χ3n) is 1.08. The number of halogens is 1. The van der Waals surface area contributed by atoms with Crippen LogP contribution in [0.4, 0.5) is 5.95 Å². The molecule has 0 unspecified atom stereocenters. The Bertz CT molecular complexity index is 361. The van der Waals surface area contributed by atoms with E-state index in [9.17, 15) is 14.9 Å². The van der Waals surface area contributed by atoms with Gasteiger partial charge in [-0.15, -0.1) is 0 Å². The number of hydrogen-bond donors (Lipinski definition) is 1. The van der Waals surface area contributed by atoms with Gasteiger partial charge in [0.25, 0.3) is 4.73 Å². The van der Waals surface area contributed by atoms with E-state index >= 15 is 0 Å². The predicted octanol–water partition coefficient (Wildman–Crippen LogP) is -0.566. The quantitative estimate of drug-likeness (QED) is 0.569. The SMILES string of the molecule is NC(=O)Cn1nc([N+](=O)[O-])nc1Br. The molecule has 0 aromatic carbocycles. The summed E-state index contributed by atoms with van der Waals surface area (Å²) in [5.74, 6) is -1.23. The molecule has 0 radical (unpaired) electrons. The Labute approximate surface area is 80.0 Å². The number of amides is 1. The zero-order valence-corrected chi connectivity index (χ0v) is 7.76. The van der Waals surface area contributed by atoms with Crippen LogP contribution in [0.3, 0.4) is 0 Å². The zero-order chi connectivity index (χ0) is 10.0. The van der Waals surface area contributed by atoms with Crippen molar-refractivity contribution < 1.29 is 9.72 Å². The normalized spacial score (nSPS) is 9.92. The number of carbonyl (C=O) groups is 1. The van der Waals surface area contributed by atoms with Crippen LogP contribution in [0, 0.1) is 10.1 Å². The lowest BCUT2D eigenvalue weighted by molar-refractivity contribution is -0.394. The molecule has 0 atom stereocenters. The number of hydrogen-bond acceptors (Lipinski definition) is 5. The first-order valence-corrected chi connectivity index (χ1v) is 3.83. The van der Waals surface area contributed by atoms with Crippen LogP contribution in [0.15, 0.2) is 4.73 Å². The molecule has 8 nitrogen and oxygen atoms in total. The summed E-state index contributed by atoms with van der Waals surface area (Å²) in [6.45, 7) is -0.249. The smallest absolute Gasteiger partial charge is 0.390 e. The van der Waals surface area contributed by atoms with Crippen molar-refractivity contribution >= 4 is 27.8 Å². The van der Waals surface area contributed by atoms with Gasteiger partial charge in [-0.25, -0.2) is 0 Å². The van der Waals surface area contributed by atoms with E-state index in [-0.39, 0.29) is 11.3 Å². The summed E-state index contributed by atoms with van der Waals surface area (Å²) in [6.07, 6.45) is 0. The summed E-state index contributed by atoms with van der Waals surface area (Å²) in [6, 6.07) is 0. The fourth-order valence-corrected chi connectivity index (χ4v) is 1.00. The number of primary amides is 1. The average molecular weight is 250 g/mol. The van der Waals surface area contributed by atoms with Crippen molar-refractivity contribution in [3.63, 3.8) is 0 Å². The van der Waals surface area contributed by atoms with Gasteiger partial charge in [0.05, 0.1) is 0 Å². The highest BCUT2D eigenvalue weighted by Crippen LogP contribution is 2.11.